The predicted octanol–water partition coefficient (Wildman–Crippen LogP) is 0.431. The average molecular weight is 168 g/mol. The van der Waals surface area contributed by atoms with Crippen LogP contribution in [0.5, 0.6) is 0 Å². The van der Waals surface area contributed by atoms with Crippen molar-refractivity contribution < 1.29 is 4.79 Å². The molecule has 0 aromatic heterocycles. The van der Waals surface area contributed by atoms with Crippen molar-refractivity contribution in [2.75, 3.05) is 13.6 Å². The minimum Gasteiger partial charge on any atom is -0.349 e. The zero-order valence-corrected chi connectivity index (χ0v) is 7.47. The molecule has 1 unspecified atom stereocenters. The van der Waals surface area contributed by atoms with E-state index < -0.39 is 0 Å². The van der Waals surface area contributed by atoms with Gasteiger partial charge in [-0.25, -0.2) is 0 Å². The Bertz CT molecular complexity index is 177. The number of likely N-dealkylation sites (N-methyl/N-ethyl adjacent to an activating group) is 1. The van der Waals surface area contributed by atoms with Crippen LogP contribution in [0.2, 0.25) is 0 Å². The molecule has 1 atom stereocenters. The van der Waals surface area contributed by atoms with Gasteiger partial charge in [0.05, 0.1) is 6.54 Å². The molecule has 0 bridgehead atoms. The van der Waals surface area contributed by atoms with E-state index >= 15 is 0 Å². The van der Waals surface area contributed by atoms with Crippen LogP contribution in [0.25, 0.3) is 0 Å². The van der Waals surface area contributed by atoms with E-state index in [1.54, 1.807) is 7.05 Å². The van der Waals surface area contributed by atoms with Crippen LogP contribution in [0.3, 0.4) is 0 Å². The monoisotopic (exact) mass is 168 g/mol. The van der Waals surface area contributed by atoms with Crippen LogP contribution in [0.4, 0.5) is 0 Å². The fraction of sp³-hybridized carbons (Fsp3) is 0.667. The Labute approximate surface area is 73.2 Å². The molecule has 3 nitrogen and oxygen atoms in total. The number of nitrogens with one attached hydrogen (secondary N) is 2. The van der Waals surface area contributed by atoms with Crippen molar-refractivity contribution in [2.45, 2.75) is 25.3 Å². The van der Waals surface area contributed by atoms with Gasteiger partial charge in [-0.15, -0.1) is 0 Å². The lowest BCUT2D eigenvalue weighted by Crippen LogP contribution is -2.39. The van der Waals surface area contributed by atoms with Crippen molar-refractivity contribution in [3.63, 3.8) is 0 Å². The molecular weight excluding hydrogens is 152 g/mol. The standard InChI is InChI=1S/C9H16N2O/c1-10-7-9(12)11-8-5-3-2-4-6-8/h3,5,8,10H,2,4,6-7H2,1H3,(H,11,12). The van der Waals surface area contributed by atoms with Gasteiger partial charge in [-0.05, 0) is 26.3 Å². The molecule has 3 heteroatoms. The summed E-state index contributed by atoms with van der Waals surface area (Å²) in [5.74, 6) is 0.0778. The van der Waals surface area contributed by atoms with Gasteiger partial charge in [0.1, 0.15) is 0 Å². The smallest absolute Gasteiger partial charge is 0.234 e. The third-order valence-corrected chi connectivity index (χ3v) is 1.94. The van der Waals surface area contributed by atoms with Gasteiger partial charge in [-0.3, -0.25) is 4.79 Å². The first-order valence-electron chi connectivity index (χ1n) is 4.43. The van der Waals surface area contributed by atoms with E-state index in [1.165, 1.54) is 6.42 Å². The zero-order chi connectivity index (χ0) is 8.81. The molecule has 1 rings (SSSR count). The van der Waals surface area contributed by atoms with E-state index in [0.29, 0.717) is 6.54 Å². The molecule has 12 heavy (non-hydrogen) atoms. The van der Waals surface area contributed by atoms with Gasteiger partial charge in [-0.2, -0.15) is 0 Å². The van der Waals surface area contributed by atoms with Crippen molar-refractivity contribution in [3.05, 3.63) is 12.2 Å². The highest BCUT2D eigenvalue weighted by Gasteiger charge is 2.09. The molecule has 2 N–H and O–H groups in total. The number of rotatable bonds is 3. The lowest BCUT2D eigenvalue weighted by atomic mass is 10.0. The van der Waals surface area contributed by atoms with Gasteiger partial charge in [0, 0.05) is 6.04 Å². The summed E-state index contributed by atoms with van der Waals surface area (Å²) >= 11 is 0. The molecule has 0 radical (unpaired) electrons. The van der Waals surface area contributed by atoms with Crippen LogP contribution in [-0.4, -0.2) is 25.5 Å². The quantitative estimate of drug-likeness (QED) is 0.600. The topological polar surface area (TPSA) is 41.1 Å². The van der Waals surface area contributed by atoms with Crippen molar-refractivity contribution in [1.29, 1.82) is 0 Å². The Kier molecular flexibility index (Phi) is 3.80. The molecule has 0 saturated carbocycles. The Morgan fingerprint density at radius 2 is 2.50 bits per heavy atom. The third kappa shape index (κ3) is 3.05. The highest BCUT2D eigenvalue weighted by atomic mass is 16.1. The molecule has 68 valence electrons. The molecule has 0 aliphatic heterocycles. The lowest BCUT2D eigenvalue weighted by molar-refractivity contribution is -0.120. The first-order chi connectivity index (χ1) is 5.83. The lowest BCUT2D eigenvalue weighted by Gasteiger charge is -2.17. The molecule has 0 aromatic rings. The summed E-state index contributed by atoms with van der Waals surface area (Å²) in [6.45, 7) is 0.407. The summed E-state index contributed by atoms with van der Waals surface area (Å²) in [6, 6.07) is 0.264. The van der Waals surface area contributed by atoms with E-state index in [-0.39, 0.29) is 11.9 Å². The van der Waals surface area contributed by atoms with Gasteiger partial charge in [0.25, 0.3) is 0 Å². The van der Waals surface area contributed by atoms with E-state index in [4.69, 9.17) is 0 Å². The minimum atomic E-state index is 0.0778. The second-order valence-electron chi connectivity index (χ2n) is 3.06. The largest absolute Gasteiger partial charge is 0.349 e. The molecule has 0 fully saturated rings. The molecule has 1 amide bonds. The van der Waals surface area contributed by atoms with Crippen LogP contribution in [-0.2, 0) is 4.79 Å². The van der Waals surface area contributed by atoms with Crippen molar-refractivity contribution >= 4 is 5.91 Å². The molecule has 0 heterocycles. The number of carbonyl (C=O) groups is 1. The van der Waals surface area contributed by atoms with Gasteiger partial charge in [0.15, 0.2) is 0 Å². The van der Waals surface area contributed by atoms with Crippen LogP contribution in [0, 0.1) is 0 Å². The number of hydrogen-bond acceptors (Lipinski definition) is 2. The zero-order valence-electron chi connectivity index (χ0n) is 7.47. The summed E-state index contributed by atoms with van der Waals surface area (Å²) in [5.41, 5.74) is 0. The van der Waals surface area contributed by atoms with E-state index in [0.717, 1.165) is 12.8 Å². The van der Waals surface area contributed by atoms with Gasteiger partial charge < -0.3 is 10.6 Å². The maximum Gasteiger partial charge on any atom is 0.234 e. The highest BCUT2D eigenvalue weighted by Crippen LogP contribution is 2.09. The molecule has 1 aliphatic carbocycles. The molecule has 1 aliphatic rings. The maximum atomic E-state index is 11.1. The Balaban J connectivity index is 2.25. The van der Waals surface area contributed by atoms with E-state index in [2.05, 4.69) is 22.8 Å². The van der Waals surface area contributed by atoms with Crippen LogP contribution < -0.4 is 10.6 Å². The van der Waals surface area contributed by atoms with Crippen LogP contribution in [0.1, 0.15) is 19.3 Å². The summed E-state index contributed by atoms with van der Waals surface area (Å²) in [7, 11) is 1.77. The van der Waals surface area contributed by atoms with Gasteiger partial charge in [0.2, 0.25) is 5.91 Å². The average Bonchev–Trinajstić information content (AvgIpc) is 2.06. The number of carbonyl (C=O) groups excluding carboxylic acids is 1. The Hall–Kier alpha value is -0.830. The van der Waals surface area contributed by atoms with E-state index in [9.17, 15) is 4.79 Å². The summed E-state index contributed by atoms with van der Waals surface area (Å²) in [5, 5.41) is 5.75. The fourth-order valence-electron chi connectivity index (χ4n) is 1.35. The fourth-order valence-corrected chi connectivity index (χ4v) is 1.35. The molecule has 0 saturated heterocycles. The second kappa shape index (κ2) is 4.93. The van der Waals surface area contributed by atoms with E-state index in [1.807, 2.05) is 0 Å². The maximum absolute atomic E-state index is 11.1. The number of allylic oxidation sites excluding steroid dienone is 1. The van der Waals surface area contributed by atoms with Crippen molar-refractivity contribution in [3.8, 4) is 0 Å². The first-order valence-corrected chi connectivity index (χ1v) is 4.43. The Morgan fingerprint density at radius 1 is 1.67 bits per heavy atom. The third-order valence-electron chi connectivity index (χ3n) is 1.94. The number of amides is 1. The van der Waals surface area contributed by atoms with Gasteiger partial charge >= 0.3 is 0 Å². The molecule has 0 spiro atoms. The van der Waals surface area contributed by atoms with Crippen LogP contribution >= 0.6 is 0 Å². The van der Waals surface area contributed by atoms with Crippen molar-refractivity contribution in [1.82, 2.24) is 10.6 Å². The second-order valence-corrected chi connectivity index (χ2v) is 3.06. The summed E-state index contributed by atoms with van der Waals surface area (Å²) in [4.78, 5) is 11.1. The molecular formula is C9H16N2O. The number of hydrogen-bond donors (Lipinski definition) is 2. The SMILES string of the molecule is CNCC(=O)NC1C=CCCC1. The normalized spacial score (nSPS) is 22.2. The molecule has 0 aromatic carbocycles. The predicted molar refractivity (Wildman–Crippen MR) is 48.8 cm³/mol. The first kappa shape index (κ1) is 9.26. The minimum absolute atomic E-state index is 0.0778. The van der Waals surface area contributed by atoms with Crippen molar-refractivity contribution in [2.24, 2.45) is 0 Å². The summed E-state index contributed by atoms with van der Waals surface area (Å²) < 4.78 is 0. The van der Waals surface area contributed by atoms with Crippen LogP contribution in [0.15, 0.2) is 12.2 Å². The summed E-state index contributed by atoms with van der Waals surface area (Å²) in [6.07, 6.45) is 7.62. The highest BCUT2D eigenvalue weighted by molar-refractivity contribution is 5.78. The Morgan fingerprint density at radius 3 is 3.08 bits per heavy atom. The van der Waals surface area contributed by atoms with Gasteiger partial charge in [-0.1, -0.05) is 12.2 Å².